The van der Waals surface area contributed by atoms with Gasteiger partial charge in [-0.3, -0.25) is 19.2 Å². The molecule has 0 fully saturated rings. The molecule has 0 aliphatic heterocycles. The highest BCUT2D eigenvalue weighted by Gasteiger charge is 2.10. The minimum atomic E-state index is -0.142. The van der Waals surface area contributed by atoms with Crippen molar-refractivity contribution in [2.24, 2.45) is 0 Å². The molecule has 4 amide bonds. The Morgan fingerprint density at radius 1 is 0.425 bits per heavy atom. The van der Waals surface area contributed by atoms with Gasteiger partial charge in [-0.25, -0.2) is 19.7 Å². The van der Waals surface area contributed by atoms with Gasteiger partial charge >= 0.3 is 0 Å². The van der Waals surface area contributed by atoms with E-state index in [0.717, 1.165) is 103 Å². The van der Waals surface area contributed by atoms with Crippen LogP contribution in [-0.2, 0) is 64.1 Å². The number of alkyl halides is 1. The Balaban J connectivity index is 0.000000277. The summed E-state index contributed by atoms with van der Waals surface area (Å²) in [6.07, 6.45) is 19.2. The van der Waals surface area contributed by atoms with Crippen LogP contribution in [-0.4, -0.2) is 110 Å². The van der Waals surface area contributed by atoms with Crippen LogP contribution in [0.3, 0.4) is 0 Å². The van der Waals surface area contributed by atoms with Gasteiger partial charge in [-0.1, -0.05) is 160 Å². The largest absolute Gasteiger partial charge is 0.382 e. The molecule has 6 heterocycles. The van der Waals surface area contributed by atoms with Crippen LogP contribution in [0.15, 0.2) is 182 Å². The average Bonchev–Trinajstić information content (AvgIpc) is 1.05. The van der Waals surface area contributed by atoms with Crippen molar-refractivity contribution in [2.45, 2.75) is 89.9 Å². The van der Waals surface area contributed by atoms with E-state index in [4.69, 9.17) is 44.0 Å². The van der Waals surface area contributed by atoms with Gasteiger partial charge in [0.05, 0.1) is 49.9 Å². The number of nitrogens with two attached hydrogens (primary N) is 2. The molecule has 10 aromatic rings. The van der Waals surface area contributed by atoms with Crippen LogP contribution >= 0.6 is 72.4 Å². The molecule has 6 aromatic heterocycles. The fraction of sp³-hybridized carbons (Fsp3) is 0.234. The van der Waals surface area contributed by atoms with E-state index in [9.17, 15) is 19.2 Å². The van der Waals surface area contributed by atoms with Crippen molar-refractivity contribution in [3.63, 3.8) is 0 Å². The number of carbonyl (C=O) groups excluding carboxylic acids is 4. The lowest BCUT2D eigenvalue weighted by molar-refractivity contribution is -0.116. The summed E-state index contributed by atoms with van der Waals surface area (Å²) >= 11 is 8.73. The third-order valence-electron chi connectivity index (χ3n) is 13.0. The Labute approximate surface area is 657 Å². The molecule has 29 heteroatoms. The normalized spacial score (nSPS) is 9.49. The molecule has 0 aliphatic carbocycles. The van der Waals surface area contributed by atoms with E-state index < -0.39 is 0 Å². The molecule has 8 N–H and O–H groups in total. The van der Waals surface area contributed by atoms with Gasteiger partial charge in [0.25, 0.3) is 0 Å². The van der Waals surface area contributed by atoms with Crippen molar-refractivity contribution >= 4 is 130 Å². The summed E-state index contributed by atoms with van der Waals surface area (Å²) in [4.78, 5) is 57.0. The van der Waals surface area contributed by atoms with Gasteiger partial charge in [0.2, 0.25) is 48.4 Å². The zero-order valence-corrected chi connectivity index (χ0v) is 64.5. The number of carbonyl (C=O) groups is 4. The number of rotatable bonds is 24. The van der Waals surface area contributed by atoms with Gasteiger partial charge in [-0.05, 0) is 166 Å². The number of benzene rings is 4. The van der Waals surface area contributed by atoms with Gasteiger partial charge in [0.1, 0.15) is 23.9 Å². The second-order valence-electron chi connectivity index (χ2n) is 21.5. The number of hydrogen-bond acceptors (Lipinski definition) is 19. The first-order valence-corrected chi connectivity index (χ1v) is 36.8. The van der Waals surface area contributed by atoms with Gasteiger partial charge < -0.3 is 47.3 Å². The Morgan fingerprint density at radius 2 is 0.811 bits per heavy atom. The molecule has 0 saturated heterocycles. The summed E-state index contributed by atoms with van der Waals surface area (Å²) in [5, 5.41) is 60.3. The van der Waals surface area contributed by atoms with E-state index in [1.165, 1.54) is 11.3 Å². The fourth-order valence-electron chi connectivity index (χ4n) is 8.05. The lowest BCUT2D eigenvalue weighted by atomic mass is 10.1. The number of aromatic nitrogens is 12. The van der Waals surface area contributed by atoms with Crippen LogP contribution in [0.4, 0.5) is 34.2 Å². The van der Waals surface area contributed by atoms with Crippen molar-refractivity contribution in [1.82, 2.24) is 61.2 Å². The summed E-state index contributed by atoms with van der Waals surface area (Å²) in [5.74, 6) is 12.3. The van der Waals surface area contributed by atoms with E-state index in [2.05, 4.69) is 182 Å². The van der Waals surface area contributed by atoms with Crippen LogP contribution in [0.25, 0.3) is 14.5 Å². The van der Waals surface area contributed by atoms with Crippen LogP contribution in [0.1, 0.15) is 89.3 Å². The number of nitrogen functional groups attached to an aromatic ring is 2. The van der Waals surface area contributed by atoms with E-state index in [0.29, 0.717) is 98.1 Å². The molecule has 106 heavy (non-hydrogen) atoms. The van der Waals surface area contributed by atoms with Crippen LogP contribution in [0.2, 0.25) is 0 Å². The van der Waals surface area contributed by atoms with E-state index in [-0.39, 0.29) is 23.6 Å². The van der Waals surface area contributed by atoms with Crippen LogP contribution in [0, 0.1) is 63.6 Å². The number of anilines is 6. The van der Waals surface area contributed by atoms with Gasteiger partial charge in [0.15, 0.2) is 23.3 Å². The monoisotopic (exact) mass is 1720 g/mol. The number of aryl methyl sites for hydroxylation is 3. The molecule has 25 nitrogen and oxygen atoms in total. The Morgan fingerprint density at radius 3 is 1.13 bits per heavy atom. The maximum absolute atomic E-state index is 12.0. The predicted molar refractivity (Wildman–Crippen MR) is 436 cm³/mol. The van der Waals surface area contributed by atoms with Crippen molar-refractivity contribution in [2.75, 3.05) is 57.7 Å². The summed E-state index contributed by atoms with van der Waals surface area (Å²) < 4.78 is 1.65. The Kier molecular flexibility index (Phi) is 45.1. The molecule has 0 spiro atoms. The second-order valence-corrected chi connectivity index (χ2v) is 25.6. The number of terminal acetylenes is 2. The van der Waals surface area contributed by atoms with Gasteiger partial charge in [-0.15, -0.1) is 69.8 Å². The van der Waals surface area contributed by atoms with Gasteiger partial charge in [0, 0.05) is 24.6 Å². The SMILES string of the molecule is C#CCCBr.Nc1ccc(I)nn1.Nc1nnc(CCCCc2ccc(NC(=O)Cc3ccccc3)nn2)s1.O=C(Cc1ccccc1)Nc1ccc(I)nn1.[C-]#[N+]CCC#C.[C-]#[N+]CCC#Cc1ccc(NC(=O)Cc2ccccc2)nn1.[C-]#[N+]CCCCc1ccc(NC(=O)Cc2ccccc2)nn1. The molecule has 0 aliphatic rings. The Bertz CT molecular complexity index is 4420. The number of unbranched alkanes of at least 4 members (excludes halogenated alkanes) is 2. The Hall–Kier alpha value is -11.6. The first kappa shape index (κ1) is 86.8. The first-order chi connectivity index (χ1) is 51.6. The van der Waals surface area contributed by atoms with E-state index >= 15 is 0 Å². The molecule has 0 bridgehead atoms. The number of nitrogens with one attached hydrogen (secondary N) is 4. The summed E-state index contributed by atoms with van der Waals surface area (Å²) in [7, 11) is 0. The quantitative estimate of drug-likeness (QED) is 0.0108. The second kappa shape index (κ2) is 55.0. The van der Waals surface area contributed by atoms with Gasteiger partial charge in [-0.2, -0.15) is 10.2 Å². The molecule has 4 aromatic carbocycles. The summed E-state index contributed by atoms with van der Waals surface area (Å²) in [6.45, 7) is 21.0. The highest BCUT2D eigenvalue weighted by atomic mass is 127. The third-order valence-corrected chi connectivity index (χ3v) is 15.3. The zero-order valence-electron chi connectivity index (χ0n) is 57.7. The van der Waals surface area contributed by atoms with Crippen molar-refractivity contribution in [3.8, 4) is 36.5 Å². The minimum absolute atomic E-state index is 0.0910. The highest BCUT2D eigenvalue weighted by Crippen LogP contribution is 2.16. The molecule has 540 valence electrons. The average molecular weight is 1730 g/mol. The number of nitrogens with zero attached hydrogens (tertiary/aromatic N) is 15. The van der Waals surface area contributed by atoms with Crippen molar-refractivity contribution < 1.29 is 19.2 Å². The smallest absolute Gasteiger partial charge is 0.229 e. The fourth-order valence-corrected chi connectivity index (χ4v) is 9.51. The lowest BCUT2D eigenvalue weighted by Crippen LogP contribution is -2.15. The highest BCUT2D eigenvalue weighted by molar-refractivity contribution is 14.1. The lowest BCUT2D eigenvalue weighted by Gasteiger charge is -2.05. The van der Waals surface area contributed by atoms with E-state index in [1.807, 2.05) is 140 Å². The topological polar surface area (TPSA) is 336 Å². The maximum atomic E-state index is 12.0. The van der Waals surface area contributed by atoms with E-state index in [1.54, 1.807) is 42.5 Å². The predicted octanol–water partition coefficient (Wildman–Crippen LogP) is 13.1. The standard InChI is InChI=1S/C18H20N6OS.C17H18N4O.C17H14N4O.C12H10IN3O.C5H5N.C4H5Br.C4H4IN3/c19-18-24-23-17(26-18)9-5-4-8-14-10-11-15(22-21-14)20-16(25)12-13-6-2-1-3-7-13;2*1-18-12-6-5-9-15-10-11-16(21-20-15)19-17(22)13-14-7-3-2-4-8-14;13-10-6-7-11(16-15-10)14-12(17)8-9-4-2-1-3-5-9;1-3-4-5-6-2;1-2-3-4-5;5-3-1-2-4(6)8-7-3/h1-3,6-7,10-11H,4-5,8-9,12H2,(H2,19,24)(H,20,22,25);2-4,7-8,10-11H,5-6,9,12-13H2,(H,19,21,22);2-4,7-8,10-11H,6,12-13H2,(H,19,21,22);1-7H,8H2,(H,14,16,17);1H,4-5H2;1H,3-4H2;1-2H,(H2,6,8). The number of hydrogen-bond donors (Lipinski definition) is 6. The molecule has 10 rings (SSSR count). The molecule has 0 unspecified atom stereocenters. The van der Waals surface area contributed by atoms with Crippen molar-refractivity contribution in [1.29, 1.82) is 0 Å². The van der Waals surface area contributed by atoms with Crippen LogP contribution < -0.4 is 32.7 Å². The molecule has 0 atom stereocenters. The molecular formula is C77H76BrI2N21O4S. The summed E-state index contributed by atoms with van der Waals surface area (Å²) in [6, 6.07) is 55.9. The number of amides is 4. The minimum Gasteiger partial charge on any atom is -0.382 e. The molecule has 0 radical (unpaired) electrons. The van der Waals surface area contributed by atoms with Crippen LogP contribution in [0.5, 0.6) is 0 Å². The maximum Gasteiger partial charge on any atom is 0.229 e. The first-order valence-electron chi connectivity index (χ1n) is 32.7. The zero-order chi connectivity index (χ0) is 76.5. The molecule has 0 saturated carbocycles. The third kappa shape index (κ3) is 42.1. The van der Waals surface area contributed by atoms with Crippen molar-refractivity contribution in [3.05, 3.63) is 268 Å². The molecular weight excluding hydrogens is 1650 g/mol. The number of halogens is 3. The summed E-state index contributed by atoms with van der Waals surface area (Å²) in [5.41, 5.74) is 17.0.